The van der Waals surface area contributed by atoms with Crippen molar-refractivity contribution in [1.29, 1.82) is 0 Å². The number of carbonyl (C=O) groups is 1. The summed E-state index contributed by atoms with van der Waals surface area (Å²) in [6.45, 7) is 0.334. The normalized spacial score (nSPS) is 10.9. The summed E-state index contributed by atoms with van der Waals surface area (Å²) in [5.74, 6) is -0.0291. The van der Waals surface area contributed by atoms with E-state index in [-0.39, 0.29) is 12.2 Å². The fraction of sp³-hybridized carbons (Fsp3) is 0.105. The van der Waals surface area contributed by atoms with Crippen LogP contribution in [-0.2, 0) is 11.4 Å². The number of ketones is 1. The summed E-state index contributed by atoms with van der Waals surface area (Å²) in [7, 11) is 0. The van der Waals surface area contributed by atoms with Crippen molar-refractivity contribution in [2.24, 2.45) is 5.16 Å². The first kappa shape index (κ1) is 17.3. The van der Waals surface area contributed by atoms with Crippen molar-refractivity contribution in [2.45, 2.75) is 13.0 Å². The third-order valence-electron chi connectivity index (χ3n) is 3.37. The van der Waals surface area contributed by atoms with Gasteiger partial charge in [-0.25, -0.2) is 4.98 Å². The third-order valence-corrected chi connectivity index (χ3v) is 4.71. The number of rotatable bonds is 7. The number of aromatic nitrogens is 1. The molecule has 0 N–H and O–H groups in total. The summed E-state index contributed by atoms with van der Waals surface area (Å²) in [4.78, 5) is 22.3. The number of hydrogen-bond donors (Lipinski definition) is 0. The van der Waals surface area contributed by atoms with Crippen LogP contribution in [-0.4, -0.2) is 17.0 Å². The van der Waals surface area contributed by atoms with Gasteiger partial charge in [0.2, 0.25) is 0 Å². The largest absolute Gasteiger partial charge is 0.391 e. The summed E-state index contributed by atoms with van der Waals surface area (Å²) in [5, 5.41) is 5.34. The number of hydrogen-bond acceptors (Lipinski definition) is 5. The molecule has 0 saturated carbocycles. The zero-order chi connectivity index (χ0) is 17.5. The second-order valence-electron chi connectivity index (χ2n) is 5.21. The number of halogens is 1. The minimum Gasteiger partial charge on any atom is -0.391 e. The van der Waals surface area contributed by atoms with Gasteiger partial charge in [0.1, 0.15) is 11.6 Å². The van der Waals surface area contributed by atoms with Crippen LogP contribution >= 0.6 is 22.9 Å². The molecule has 0 aliphatic heterocycles. The molecule has 0 unspecified atom stereocenters. The first-order valence-electron chi connectivity index (χ1n) is 7.65. The molecule has 25 heavy (non-hydrogen) atoms. The van der Waals surface area contributed by atoms with Crippen LogP contribution in [0.4, 0.5) is 0 Å². The van der Waals surface area contributed by atoms with Crippen molar-refractivity contribution >= 4 is 34.9 Å². The molecular weight excluding hydrogens is 356 g/mol. The van der Waals surface area contributed by atoms with Gasteiger partial charge in [-0.2, -0.15) is 0 Å². The quantitative estimate of drug-likeness (QED) is 0.324. The average molecular weight is 371 g/mol. The van der Waals surface area contributed by atoms with Crippen LogP contribution in [0, 0.1) is 0 Å². The summed E-state index contributed by atoms with van der Waals surface area (Å²) < 4.78 is 0. The van der Waals surface area contributed by atoms with E-state index in [9.17, 15) is 4.79 Å². The van der Waals surface area contributed by atoms with Crippen molar-refractivity contribution in [3.05, 3.63) is 76.3 Å². The Labute approximate surface area is 154 Å². The molecule has 0 atom stereocenters. The number of benzene rings is 2. The molecule has 0 radical (unpaired) electrons. The number of oxime groups is 1. The van der Waals surface area contributed by atoms with E-state index in [0.717, 1.165) is 16.1 Å². The first-order chi connectivity index (χ1) is 12.2. The van der Waals surface area contributed by atoms with Gasteiger partial charge in [0, 0.05) is 16.8 Å². The molecular formula is C19H15ClN2O2S. The van der Waals surface area contributed by atoms with Crippen LogP contribution in [0.1, 0.15) is 21.7 Å². The van der Waals surface area contributed by atoms with Gasteiger partial charge >= 0.3 is 0 Å². The Bertz CT molecular complexity index is 861. The standard InChI is InChI=1S/C19H15ClN2O2S/c20-16-8-6-14(7-9-16)13-24-22-11-10-17(23)18-12-21-19(25-18)15-4-2-1-3-5-15/h1-9,11-12H,10,13H2/b22-11-. The topological polar surface area (TPSA) is 51.5 Å². The lowest BCUT2D eigenvalue weighted by Crippen LogP contribution is -1.97. The molecule has 0 bridgehead atoms. The number of thiazole rings is 1. The second kappa shape index (κ2) is 8.55. The summed E-state index contributed by atoms with van der Waals surface area (Å²) >= 11 is 7.20. The zero-order valence-corrected chi connectivity index (χ0v) is 14.8. The van der Waals surface area contributed by atoms with E-state index in [1.807, 2.05) is 42.5 Å². The Hall–Kier alpha value is -2.50. The van der Waals surface area contributed by atoms with E-state index in [4.69, 9.17) is 16.4 Å². The summed E-state index contributed by atoms with van der Waals surface area (Å²) in [6, 6.07) is 17.1. The van der Waals surface area contributed by atoms with E-state index in [0.29, 0.717) is 16.5 Å². The van der Waals surface area contributed by atoms with Crippen LogP contribution in [0.15, 0.2) is 65.9 Å². The van der Waals surface area contributed by atoms with Crippen LogP contribution in [0.2, 0.25) is 5.02 Å². The number of nitrogens with zero attached hydrogens (tertiary/aromatic N) is 2. The molecule has 0 spiro atoms. The van der Waals surface area contributed by atoms with E-state index in [1.165, 1.54) is 17.6 Å². The van der Waals surface area contributed by atoms with E-state index in [1.54, 1.807) is 18.3 Å². The third kappa shape index (κ3) is 4.98. The smallest absolute Gasteiger partial charge is 0.179 e. The molecule has 3 aromatic rings. The highest BCUT2D eigenvalue weighted by atomic mass is 35.5. The van der Waals surface area contributed by atoms with E-state index >= 15 is 0 Å². The van der Waals surface area contributed by atoms with E-state index < -0.39 is 0 Å². The minimum absolute atomic E-state index is 0.0291. The Balaban J connectivity index is 1.49. The maximum Gasteiger partial charge on any atom is 0.179 e. The number of carbonyl (C=O) groups excluding carboxylic acids is 1. The lowest BCUT2D eigenvalue weighted by molar-refractivity contribution is 0.1000. The zero-order valence-electron chi connectivity index (χ0n) is 13.3. The molecule has 1 aromatic heterocycles. The number of Topliss-reactive ketones (excluding diaryl/α,β-unsaturated/α-hetero) is 1. The van der Waals surface area contributed by atoms with Gasteiger partial charge in [0.15, 0.2) is 5.78 Å². The molecule has 0 fully saturated rings. The SMILES string of the molecule is O=C(C/C=N\OCc1ccc(Cl)cc1)c1cnc(-c2ccccc2)s1. The van der Waals surface area contributed by atoms with Crippen molar-refractivity contribution in [2.75, 3.05) is 0 Å². The lowest BCUT2D eigenvalue weighted by Gasteiger charge is -1.99. The van der Waals surface area contributed by atoms with Crippen molar-refractivity contribution in [3.8, 4) is 10.6 Å². The maximum atomic E-state index is 12.2. The highest BCUT2D eigenvalue weighted by Crippen LogP contribution is 2.25. The Morgan fingerprint density at radius 1 is 1.16 bits per heavy atom. The van der Waals surface area contributed by atoms with Crippen LogP contribution in [0.3, 0.4) is 0 Å². The lowest BCUT2D eigenvalue weighted by atomic mass is 10.2. The van der Waals surface area contributed by atoms with Gasteiger partial charge in [-0.3, -0.25) is 4.79 Å². The van der Waals surface area contributed by atoms with Crippen LogP contribution < -0.4 is 0 Å². The molecule has 4 nitrogen and oxygen atoms in total. The molecule has 0 aliphatic carbocycles. The van der Waals surface area contributed by atoms with Gasteiger partial charge in [-0.05, 0) is 17.7 Å². The minimum atomic E-state index is -0.0291. The second-order valence-corrected chi connectivity index (χ2v) is 6.68. The Morgan fingerprint density at radius 2 is 1.92 bits per heavy atom. The van der Waals surface area contributed by atoms with Crippen molar-refractivity contribution in [1.82, 2.24) is 4.98 Å². The van der Waals surface area contributed by atoms with Gasteiger partial charge in [0.05, 0.1) is 17.5 Å². The van der Waals surface area contributed by atoms with Gasteiger partial charge in [0.25, 0.3) is 0 Å². The molecule has 2 aromatic carbocycles. The summed E-state index contributed by atoms with van der Waals surface area (Å²) in [6.07, 6.45) is 3.26. The fourth-order valence-corrected chi connectivity index (χ4v) is 3.08. The Kier molecular flexibility index (Phi) is 5.93. The maximum absolute atomic E-state index is 12.2. The monoisotopic (exact) mass is 370 g/mol. The highest BCUT2D eigenvalue weighted by Gasteiger charge is 2.10. The molecule has 1 heterocycles. The molecule has 0 saturated heterocycles. The first-order valence-corrected chi connectivity index (χ1v) is 8.84. The van der Waals surface area contributed by atoms with Gasteiger partial charge in [-0.15, -0.1) is 11.3 Å². The van der Waals surface area contributed by atoms with Crippen LogP contribution in [0.5, 0.6) is 0 Å². The van der Waals surface area contributed by atoms with Gasteiger partial charge < -0.3 is 4.84 Å². The predicted octanol–water partition coefficient (Wildman–Crippen LogP) is 5.24. The van der Waals surface area contributed by atoms with Crippen LogP contribution in [0.25, 0.3) is 10.6 Å². The average Bonchev–Trinajstić information content (AvgIpc) is 3.14. The molecule has 6 heteroatoms. The summed E-state index contributed by atoms with van der Waals surface area (Å²) in [5.41, 5.74) is 1.97. The van der Waals surface area contributed by atoms with Gasteiger partial charge in [-0.1, -0.05) is 59.2 Å². The molecule has 0 aliphatic rings. The predicted molar refractivity (Wildman–Crippen MR) is 101 cm³/mol. The Morgan fingerprint density at radius 3 is 2.68 bits per heavy atom. The van der Waals surface area contributed by atoms with E-state index in [2.05, 4.69) is 10.1 Å². The fourth-order valence-electron chi connectivity index (χ4n) is 2.08. The molecule has 3 rings (SSSR count). The highest BCUT2D eigenvalue weighted by molar-refractivity contribution is 7.17. The van der Waals surface area contributed by atoms with Crippen molar-refractivity contribution in [3.63, 3.8) is 0 Å². The molecule has 0 amide bonds. The molecule has 126 valence electrons. The van der Waals surface area contributed by atoms with Crippen molar-refractivity contribution < 1.29 is 9.63 Å².